The van der Waals surface area contributed by atoms with E-state index in [1.165, 1.54) is 18.2 Å². The minimum Gasteiger partial charge on any atom is -0.373 e. The van der Waals surface area contributed by atoms with Gasteiger partial charge < -0.3 is 10.1 Å². The second-order valence-electron chi connectivity index (χ2n) is 9.90. The third-order valence-electron chi connectivity index (χ3n) is 7.03. The average Bonchev–Trinajstić information content (AvgIpc) is 3.81. The molecule has 13 heteroatoms. The van der Waals surface area contributed by atoms with Gasteiger partial charge in [0.15, 0.2) is 0 Å². The van der Waals surface area contributed by atoms with Gasteiger partial charge in [0.05, 0.1) is 52.9 Å². The lowest BCUT2D eigenvalue weighted by atomic mass is 10.1. The van der Waals surface area contributed by atoms with E-state index in [9.17, 15) is 26.4 Å². The Morgan fingerprint density at radius 1 is 1.10 bits per heavy atom. The number of ether oxygens (including phenoxy) is 1. The van der Waals surface area contributed by atoms with E-state index in [4.69, 9.17) is 16.3 Å². The quantitative estimate of drug-likeness (QED) is 0.302. The predicted molar refractivity (Wildman–Crippen MR) is 144 cm³/mol. The standard InChI is InChI=1S/C28H22ClF3N4O4S/c29-20-7-16(8-24-19(20)12-40-13-25(30)41(24,38)39)28(37)34-11-17-9-23-15(10-33-17)3-5-21(35-23)22-6-4-18(27(31)32)26(36-22)14-1-2-14/h3-10,14,25,27H,1-2,11-13H2,(H,34,37)/t25-/m1/s1. The van der Waals surface area contributed by atoms with Gasteiger partial charge in [-0.3, -0.25) is 14.8 Å². The van der Waals surface area contributed by atoms with Gasteiger partial charge in [0.25, 0.3) is 12.3 Å². The third kappa shape index (κ3) is 5.39. The molecule has 1 fully saturated rings. The number of carbonyl (C=O) groups excluding carboxylic acids is 1. The summed E-state index contributed by atoms with van der Waals surface area (Å²) in [5.41, 5.74) is 0.154. The molecule has 1 aliphatic carbocycles. The summed E-state index contributed by atoms with van der Waals surface area (Å²) in [6.07, 6.45) is 0.658. The highest BCUT2D eigenvalue weighted by Gasteiger charge is 2.34. The molecule has 8 nitrogen and oxygen atoms in total. The number of nitrogens with one attached hydrogen (secondary N) is 1. The Kier molecular flexibility index (Phi) is 7.16. The lowest BCUT2D eigenvalue weighted by molar-refractivity contribution is 0.0947. The maximum Gasteiger partial charge on any atom is 0.265 e. The van der Waals surface area contributed by atoms with Crippen molar-refractivity contribution in [3.05, 3.63) is 81.8 Å². The lowest BCUT2D eigenvalue weighted by Crippen LogP contribution is -2.24. The van der Waals surface area contributed by atoms with Gasteiger partial charge in [-0.25, -0.2) is 26.6 Å². The number of hydrogen-bond donors (Lipinski definition) is 1. The monoisotopic (exact) mass is 602 g/mol. The van der Waals surface area contributed by atoms with Crippen LogP contribution in [0.1, 0.15) is 58.1 Å². The fraction of sp³-hybridized carbons (Fsp3) is 0.286. The molecule has 1 aromatic carbocycles. The lowest BCUT2D eigenvalue weighted by Gasteiger charge is -2.12. The van der Waals surface area contributed by atoms with Crippen molar-refractivity contribution in [2.45, 2.75) is 48.7 Å². The zero-order valence-electron chi connectivity index (χ0n) is 21.3. The van der Waals surface area contributed by atoms with Gasteiger partial charge in [0.1, 0.15) is 0 Å². The van der Waals surface area contributed by atoms with Crippen LogP contribution in [0.2, 0.25) is 5.02 Å². The van der Waals surface area contributed by atoms with Crippen molar-refractivity contribution in [3.63, 3.8) is 0 Å². The second kappa shape index (κ2) is 10.7. The van der Waals surface area contributed by atoms with Gasteiger partial charge in [-0.05, 0) is 55.3 Å². The number of sulfone groups is 1. The zero-order chi connectivity index (χ0) is 28.9. The predicted octanol–water partition coefficient (Wildman–Crippen LogP) is 5.69. The summed E-state index contributed by atoms with van der Waals surface area (Å²) in [6.45, 7) is -0.847. The van der Waals surface area contributed by atoms with Crippen LogP contribution in [-0.2, 0) is 27.7 Å². The highest BCUT2D eigenvalue weighted by molar-refractivity contribution is 7.92. The number of halogens is 4. The van der Waals surface area contributed by atoms with Crippen molar-refractivity contribution in [1.29, 1.82) is 0 Å². The first kappa shape index (κ1) is 27.6. The molecule has 212 valence electrons. The molecule has 0 unspecified atom stereocenters. The van der Waals surface area contributed by atoms with Gasteiger partial charge in [-0.15, -0.1) is 0 Å². The molecular formula is C28H22ClF3N4O4S. The van der Waals surface area contributed by atoms with Gasteiger partial charge >= 0.3 is 0 Å². The fourth-order valence-corrected chi connectivity index (χ4v) is 6.37. The number of carbonyl (C=O) groups is 1. The molecule has 1 saturated carbocycles. The van der Waals surface area contributed by atoms with E-state index in [1.807, 2.05) is 0 Å². The Hall–Kier alpha value is -3.61. The molecule has 0 saturated heterocycles. The summed E-state index contributed by atoms with van der Waals surface area (Å²) in [4.78, 5) is 26.0. The number of nitrogens with zero attached hydrogens (tertiary/aromatic N) is 3. The van der Waals surface area contributed by atoms with Gasteiger partial charge in [0.2, 0.25) is 15.3 Å². The number of benzene rings is 1. The molecule has 0 spiro atoms. The van der Waals surface area contributed by atoms with Gasteiger partial charge in [0, 0.05) is 39.2 Å². The van der Waals surface area contributed by atoms with Crippen LogP contribution in [0.3, 0.4) is 0 Å². The highest BCUT2D eigenvalue weighted by atomic mass is 35.5. The topological polar surface area (TPSA) is 111 Å². The Labute approximate surface area is 237 Å². The third-order valence-corrected chi connectivity index (χ3v) is 9.16. The smallest absolute Gasteiger partial charge is 0.265 e. The number of alkyl halides is 3. The largest absolute Gasteiger partial charge is 0.373 e. The first-order valence-corrected chi connectivity index (χ1v) is 14.7. The molecule has 4 heterocycles. The van der Waals surface area contributed by atoms with Crippen LogP contribution in [0.25, 0.3) is 22.3 Å². The van der Waals surface area contributed by atoms with Crippen molar-refractivity contribution < 1.29 is 31.1 Å². The molecule has 41 heavy (non-hydrogen) atoms. The summed E-state index contributed by atoms with van der Waals surface area (Å²) in [5.74, 6) is -0.592. The van der Waals surface area contributed by atoms with Crippen LogP contribution in [0.15, 0.2) is 53.6 Å². The number of pyridine rings is 3. The van der Waals surface area contributed by atoms with Crippen LogP contribution in [-0.4, -0.2) is 41.4 Å². The second-order valence-corrected chi connectivity index (χ2v) is 12.3. The average molecular weight is 603 g/mol. The van der Waals surface area contributed by atoms with E-state index >= 15 is 0 Å². The fourth-order valence-electron chi connectivity index (χ4n) is 4.68. The molecule has 6 rings (SSSR count). The van der Waals surface area contributed by atoms with Crippen molar-refractivity contribution in [1.82, 2.24) is 20.3 Å². The normalized spacial score (nSPS) is 18.2. The number of fused-ring (bicyclic) bond motifs is 2. The Morgan fingerprint density at radius 2 is 1.85 bits per heavy atom. The molecule has 1 atom stereocenters. The minimum atomic E-state index is -4.38. The number of amides is 1. The van der Waals surface area contributed by atoms with E-state index < -0.39 is 34.3 Å². The first-order chi connectivity index (χ1) is 19.6. The number of hydrogen-bond acceptors (Lipinski definition) is 7. The summed E-state index contributed by atoms with van der Waals surface area (Å²) in [7, 11) is -4.38. The summed E-state index contributed by atoms with van der Waals surface area (Å²) >= 11 is 6.23. The van der Waals surface area contributed by atoms with E-state index in [0.717, 1.165) is 24.3 Å². The van der Waals surface area contributed by atoms with E-state index in [1.54, 1.807) is 24.4 Å². The number of aromatic nitrogens is 3. The van der Waals surface area contributed by atoms with Gasteiger partial charge in [-0.1, -0.05) is 11.6 Å². The molecular weight excluding hydrogens is 581 g/mol. The molecule has 0 radical (unpaired) electrons. The molecule has 4 aromatic rings. The molecule has 0 bridgehead atoms. The van der Waals surface area contributed by atoms with Crippen molar-refractivity contribution in [3.8, 4) is 11.4 Å². The minimum absolute atomic E-state index is 0.0223. The van der Waals surface area contributed by atoms with Crippen molar-refractivity contribution in [2.24, 2.45) is 0 Å². The SMILES string of the molecule is O=C(NCc1cc2nc(-c3ccc(C(F)F)c(C4CC4)n3)ccc2cn1)c1cc(Cl)c2c(c1)S(=O)(=O)[C@@H](F)COC2. The van der Waals surface area contributed by atoms with Crippen molar-refractivity contribution >= 4 is 38.2 Å². The number of rotatable bonds is 6. The van der Waals surface area contributed by atoms with E-state index in [0.29, 0.717) is 28.3 Å². The Balaban J connectivity index is 1.24. The van der Waals surface area contributed by atoms with E-state index in [-0.39, 0.29) is 45.7 Å². The van der Waals surface area contributed by atoms with Crippen LogP contribution in [0.5, 0.6) is 0 Å². The van der Waals surface area contributed by atoms with Gasteiger partial charge in [-0.2, -0.15) is 0 Å². The first-order valence-electron chi connectivity index (χ1n) is 12.7. The summed E-state index contributed by atoms with van der Waals surface area (Å²) < 4.78 is 71.4. The maximum absolute atomic E-state index is 14.2. The van der Waals surface area contributed by atoms with Crippen LogP contribution in [0.4, 0.5) is 13.2 Å². The van der Waals surface area contributed by atoms with Crippen LogP contribution >= 0.6 is 11.6 Å². The highest BCUT2D eigenvalue weighted by Crippen LogP contribution is 2.43. The van der Waals surface area contributed by atoms with Crippen LogP contribution < -0.4 is 5.32 Å². The van der Waals surface area contributed by atoms with E-state index in [2.05, 4.69) is 20.3 Å². The maximum atomic E-state index is 14.2. The zero-order valence-corrected chi connectivity index (χ0v) is 22.9. The molecule has 1 N–H and O–H groups in total. The Bertz CT molecular complexity index is 1800. The van der Waals surface area contributed by atoms with Crippen molar-refractivity contribution in [2.75, 3.05) is 6.61 Å². The Morgan fingerprint density at radius 3 is 2.61 bits per heavy atom. The van der Waals surface area contributed by atoms with Crippen LogP contribution in [0, 0.1) is 0 Å². The molecule has 1 amide bonds. The summed E-state index contributed by atoms with van der Waals surface area (Å²) in [5, 5.41) is 3.37. The summed E-state index contributed by atoms with van der Waals surface area (Å²) in [6, 6.07) is 10.6. The molecule has 3 aromatic heterocycles. The molecule has 2 aliphatic rings. The molecule has 1 aliphatic heterocycles.